The Morgan fingerprint density at radius 1 is 1.30 bits per heavy atom. The predicted molar refractivity (Wildman–Crippen MR) is 78.7 cm³/mol. The zero-order valence-corrected chi connectivity index (χ0v) is 11.9. The van der Waals surface area contributed by atoms with E-state index in [-0.39, 0.29) is 0 Å². The van der Waals surface area contributed by atoms with Crippen molar-refractivity contribution in [3.05, 3.63) is 53.5 Å². The average Bonchev–Trinajstić information content (AvgIpc) is 3.21. The third kappa shape index (κ3) is 3.42. The number of hydrogen-bond donors (Lipinski definition) is 1. The van der Waals surface area contributed by atoms with Gasteiger partial charge < -0.3 is 14.5 Å². The van der Waals surface area contributed by atoms with Crippen LogP contribution in [-0.4, -0.2) is 6.04 Å². The van der Waals surface area contributed by atoms with Gasteiger partial charge in [-0.25, -0.2) is 0 Å². The maximum absolute atomic E-state index is 5.87. The van der Waals surface area contributed by atoms with Gasteiger partial charge in [0.2, 0.25) is 0 Å². The van der Waals surface area contributed by atoms with E-state index >= 15 is 0 Å². The third-order valence-electron chi connectivity index (χ3n) is 3.67. The molecule has 1 heterocycles. The lowest BCUT2D eigenvalue weighted by molar-refractivity contribution is 0.301. The van der Waals surface area contributed by atoms with E-state index in [1.54, 1.807) is 6.26 Å². The second-order valence-corrected chi connectivity index (χ2v) is 5.31. The summed E-state index contributed by atoms with van der Waals surface area (Å²) >= 11 is 0. The van der Waals surface area contributed by atoms with Crippen LogP contribution in [0.5, 0.6) is 5.75 Å². The van der Waals surface area contributed by atoms with Gasteiger partial charge in [-0.2, -0.15) is 0 Å². The molecule has 3 rings (SSSR count). The predicted octanol–water partition coefficient (Wildman–Crippen LogP) is 3.67. The summed E-state index contributed by atoms with van der Waals surface area (Å²) in [5.74, 6) is 1.91. The largest absolute Gasteiger partial charge is 0.489 e. The molecule has 0 saturated heterocycles. The molecule has 2 aromatic rings. The highest BCUT2D eigenvalue weighted by Gasteiger charge is 2.21. The highest BCUT2D eigenvalue weighted by Crippen LogP contribution is 2.21. The number of benzene rings is 1. The number of furan rings is 1. The maximum atomic E-state index is 5.87. The fraction of sp³-hybridized carbons (Fsp3) is 0.412. The zero-order chi connectivity index (χ0) is 13.8. The van der Waals surface area contributed by atoms with E-state index in [4.69, 9.17) is 9.15 Å². The van der Waals surface area contributed by atoms with Crippen LogP contribution in [0.3, 0.4) is 0 Å². The van der Waals surface area contributed by atoms with E-state index in [1.807, 2.05) is 18.2 Å². The molecule has 0 aliphatic heterocycles. The molecule has 0 atom stereocenters. The second kappa shape index (κ2) is 6.14. The molecule has 1 aromatic heterocycles. The van der Waals surface area contributed by atoms with Crippen molar-refractivity contribution in [3.63, 3.8) is 0 Å². The van der Waals surface area contributed by atoms with Gasteiger partial charge in [-0.1, -0.05) is 19.1 Å². The molecular weight excluding hydrogens is 250 g/mol. The molecule has 1 aliphatic carbocycles. The topological polar surface area (TPSA) is 34.4 Å². The van der Waals surface area contributed by atoms with Gasteiger partial charge in [0, 0.05) is 11.6 Å². The first-order valence-electron chi connectivity index (χ1n) is 7.35. The summed E-state index contributed by atoms with van der Waals surface area (Å²) in [6.07, 6.45) is 5.34. The molecule has 0 spiro atoms. The molecule has 0 amide bonds. The van der Waals surface area contributed by atoms with Crippen LogP contribution in [0.1, 0.15) is 36.7 Å². The first-order chi connectivity index (χ1) is 9.85. The van der Waals surface area contributed by atoms with Gasteiger partial charge in [0.15, 0.2) is 0 Å². The van der Waals surface area contributed by atoms with Crippen molar-refractivity contribution in [2.75, 3.05) is 0 Å². The van der Waals surface area contributed by atoms with E-state index < -0.39 is 0 Å². The van der Waals surface area contributed by atoms with Crippen molar-refractivity contribution in [1.29, 1.82) is 0 Å². The summed E-state index contributed by atoms with van der Waals surface area (Å²) in [4.78, 5) is 0. The number of nitrogens with one attached hydrogen (secondary N) is 1. The number of rotatable bonds is 7. The van der Waals surface area contributed by atoms with Crippen LogP contribution >= 0.6 is 0 Å². The highest BCUT2D eigenvalue weighted by molar-refractivity contribution is 5.29. The standard InChI is InChI=1S/C17H21NO2/c1-2-13-4-3-5-16(10-13)20-12-14-8-9-19-17(14)11-18-15-6-7-15/h3-5,8-10,15,18H,2,6-7,11-12H2,1H3. The van der Waals surface area contributed by atoms with Gasteiger partial charge in [-0.3, -0.25) is 0 Å². The molecule has 0 radical (unpaired) electrons. The molecule has 106 valence electrons. The lowest BCUT2D eigenvalue weighted by Crippen LogP contribution is -2.16. The minimum atomic E-state index is 0.561. The van der Waals surface area contributed by atoms with Gasteiger partial charge in [-0.05, 0) is 43.0 Å². The molecule has 3 heteroatoms. The number of hydrogen-bond acceptors (Lipinski definition) is 3. The Morgan fingerprint density at radius 3 is 3.00 bits per heavy atom. The first kappa shape index (κ1) is 13.3. The van der Waals surface area contributed by atoms with Crippen LogP contribution < -0.4 is 10.1 Å². The maximum Gasteiger partial charge on any atom is 0.124 e. The summed E-state index contributed by atoms with van der Waals surface area (Å²) in [5.41, 5.74) is 2.42. The SMILES string of the molecule is CCc1cccc(OCc2ccoc2CNC2CC2)c1. The lowest BCUT2D eigenvalue weighted by Gasteiger charge is -2.08. The first-order valence-corrected chi connectivity index (χ1v) is 7.35. The minimum absolute atomic E-state index is 0.561. The molecule has 1 aliphatic rings. The van der Waals surface area contributed by atoms with Crippen LogP contribution in [0, 0.1) is 0 Å². The Kier molecular flexibility index (Phi) is 4.07. The summed E-state index contributed by atoms with van der Waals surface area (Å²) in [5, 5.41) is 3.47. The monoisotopic (exact) mass is 271 g/mol. The van der Waals surface area contributed by atoms with E-state index in [0.29, 0.717) is 12.6 Å². The van der Waals surface area contributed by atoms with Gasteiger partial charge in [0.1, 0.15) is 18.1 Å². The molecule has 0 unspecified atom stereocenters. The van der Waals surface area contributed by atoms with Gasteiger partial charge in [-0.15, -0.1) is 0 Å². The minimum Gasteiger partial charge on any atom is -0.489 e. The highest BCUT2D eigenvalue weighted by atomic mass is 16.5. The van der Waals surface area contributed by atoms with E-state index in [0.717, 1.165) is 30.0 Å². The molecule has 20 heavy (non-hydrogen) atoms. The van der Waals surface area contributed by atoms with E-state index in [2.05, 4.69) is 24.4 Å². The van der Waals surface area contributed by atoms with Crippen molar-refractivity contribution in [2.45, 2.75) is 45.4 Å². The molecule has 1 N–H and O–H groups in total. The summed E-state index contributed by atoms with van der Waals surface area (Å²) in [6, 6.07) is 10.9. The molecule has 0 bridgehead atoms. The molecular formula is C17H21NO2. The zero-order valence-electron chi connectivity index (χ0n) is 11.9. The quantitative estimate of drug-likeness (QED) is 0.834. The Hall–Kier alpha value is -1.74. The molecule has 1 saturated carbocycles. The third-order valence-corrected chi connectivity index (χ3v) is 3.67. The van der Waals surface area contributed by atoms with Gasteiger partial charge in [0.25, 0.3) is 0 Å². The van der Waals surface area contributed by atoms with Crippen molar-refractivity contribution in [3.8, 4) is 5.75 Å². The van der Waals surface area contributed by atoms with Gasteiger partial charge >= 0.3 is 0 Å². The Morgan fingerprint density at radius 2 is 2.20 bits per heavy atom. The van der Waals surface area contributed by atoms with Crippen LogP contribution in [-0.2, 0) is 19.6 Å². The van der Waals surface area contributed by atoms with Crippen LogP contribution in [0.25, 0.3) is 0 Å². The van der Waals surface area contributed by atoms with E-state index in [1.165, 1.54) is 18.4 Å². The lowest BCUT2D eigenvalue weighted by atomic mass is 10.2. The fourth-order valence-corrected chi connectivity index (χ4v) is 2.19. The summed E-state index contributed by atoms with van der Waals surface area (Å²) in [7, 11) is 0. The number of ether oxygens (including phenoxy) is 1. The Labute approximate surface area is 119 Å². The normalized spacial score (nSPS) is 14.4. The van der Waals surface area contributed by atoms with Crippen molar-refractivity contribution in [1.82, 2.24) is 5.32 Å². The van der Waals surface area contributed by atoms with Crippen molar-refractivity contribution >= 4 is 0 Å². The van der Waals surface area contributed by atoms with Crippen LogP contribution in [0.2, 0.25) is 0 Å². The Balaban J connectivity index is 1.58. The fourth-order valence-electron chi connectivity index (χ4n) is 2.19. The van der Waals surface area contributed by atoms with Crippen LogP contribution in [0.15, 0.2) is 41.0 Å². The Bertz CT molecular complexity index is 558. The molecule has 1 fully saturated rings. The van der Waals surface area contributed by atoms with Crippen molar-refractivity contribution < 1.29 is 9.15 Å². The van der Waals surface area contributed by atoms with Gasteiger partial charge in [0.05, 0.1) is 12.8 Å². The summed E-state index contributed by atoms with van der Waals surface area (Å²) in [6.45, 7) is 3.51. The van der Waals surface area contributed by atoms with Crippen LogP contribution in [0.4, 0.5) is 0 Å². The smallest absolute Gasteiger partial charge is 0.124 e. The second-order valence-electron chi connectivity index (χ2n) is 5.31. The van der Waals surface area contributed by atoms with Crippen molar-refractivity contribution in [2.24, 2.45) is 0 Å². The average molecular weight is 271 g/mol. The molecule has 1 aromatic carbocycles. The summed E-state index contributed by atoms with van der Waals surface area (Å²) < 4.78 is 11.4. The number of aryl methyl sites for hydroxylation is 1. The molecule has 3 nitrogen and oxygen atoms in total. The van der Waals surface area contributed by atoms with E-state index in [9.17, 15) is 0 Å².